The minimum absolute atomic E-state index is 0.0714. The Bertz CT molecular complexity index is 2020. The van der Waals surface area contributed by atoms with Crippen LogP contribution in [0.5, 0.6) is 0 Å². The van der Waals surface area contributed by atoms with Crippen LogP contribution in [0.2, 0.25) is 0 Å². The van der Waals surface area contributed by atoms with Gasteiger partial charge in [-0.2, -0.15) is 4.98 Å². The maximum Gasteiger partial charge on any atom is 0.280 e. The van der Waals surface area contributed by atoms with Crippen molar-refractivity contribution in [2.45, 2.75) is 48.6 Å². The first-order valence-electron chi connectivity index (χ1n) is 13.4. The molecule has 0 amide bonds. The summed E-state index contributed by atoms with van der Waals surface area (Å²) in [6.45, 7) is -2.05. The highest BCUT2D eigenvalue weighted by Crippen LogP contribution is 2.56. The van der Waals surface area contributed by atoms with E-state index in [0.29, 0.717) is 0 Å². The zero-order chi connectivity index (χ0) is 32.2. The van der Waals surface area contributed by atoms with Gasteiger partial charge in [-0.1, -0.05) is 0 Å². The van der Waals surface area contributed by atoms with Gasteiger partial charge in [0.2, 0.25) is 5.95 Å². The summed E-state index contributed by atoms with van der Waals surface area (Å²) in [6.07, 6.45) is -6.81. The van der Waals surface area contributed by atoms with E-state index in [9.17, 15) is 28.8 Å². The van der Waals surface area contributed by atoms with Gasteiger partial charge in [-0.25, -0.2) is 19.9 Å². The Labute approximate surface area is 254 Å². The van der Waals surface area contributed by atoms with Crippen LogP contribution >= 0.6 is 15.6 Å². The van der Waals surface area contributed by atoms with Gasteiger partial charge >= 0.3 is 0 Å². The Hall–Kier alpha value is -3.44. The summed E-state index contributed by atoms with van der Waals surface area (Å²) >= 11 is 0. The summed E-state index contributed by atoms with van der Waals surface area (Å²) in [5.74, 6) is -0.220. The molecule has 6 N–H and O–H groups in total. The van der Waals surface area contributed by atoms with Crippen molar-refractivity contribution < 1.29 is 56.3 Å². The van der Waals surface area contributed by atoms with Crippen molar-refractivity contribution in [2.24, 2.45) is 0 Å². The molecule has 23 nitrogen and oxygen atoms in total. The highest BCUT2D eigenvalue weighted by atomic mass is 31.2. The standard InChI is InChI=1S/C21H24N10O13P2/c22-14-8-15(25-4-24-14)30(5-26-8)19-12-13-21(42-19,2-38-12)3-40-46(36,37)43-11-10(32)7(1-39-45(34,35)44-13)41-18(11)31-6-27-9-16(31)28-20(23)29-17(9)33/h4-7,10-13,18-19,32H,1-3H2,(H,34,35)(H,36,37)(H2,22,24,25)(H3,23,28,29,33)/p-2. The molecule has 4 fully saturated rings. The van der Waals surface area contributed by atoms with E-state index in [0.717, 1.165) is 10.9 Å². The van der Waals surface area contributed by atoms with E-state index >= 15 is 0 Å². The minimum Gasteiger partial charge on any atom is -0.756 e. The summed E-state index contributed by atoms with van der Waals surface area (Å²) in [5, 5.41) is 11.0. The van der Waals surface area contributed by atoms with Crippen LogP contribution in [-0.2, 0) is 41.4 Å². The number of phosphoric ester groups is 2. The van der Waals surface area contributed by atoms with Gasteiger partial charge in [-0.3, -0.25) is 28.0 Å². The van der Waals surface area contributed by atoms with Gasteiger partial charge in [0.05, 0.1) is 32.5 Å². The molecule has 4 bridgehead atoms. The van der Waals surface area contributed by atoms with Crippen LogP contribution in [0.25, 0.3) is 22.3 Å². The van der Waals surface area contributed by atoms with Crippen molar-refractivity contribution in [3.8, 4) is 0 Å². The second kappa shape index (κ2) is 10.3. The second-order valence-electron chi connectivity index (χ2n) is 10.8. The Morgan fingerprint density at radius 1 is 0.957 bits per heavy atom. The third-order valence-electron chi connectivity index (χ3n) is 8.03. The van der Waals surface area contributed by atoms with Gasteiger partial charge in [0.15, 0.2) is 35.1 Å². The lowest BCUT2D eigenvalue weighted by molar-refractivity contribution is -0.247. The molecule has 246 valence electrons. The van der Waals surface area contributed by atoms with E-state index < -0.39 is 83.0 Å². The maximum atomic E-state index is 13.3. The summed E-state index contributed by atoms with van der Waals surface area (Å²) in [6, 6.07) is 0. The number of imidazole rings is 2. The molecule has 4 aliphatic rings. The predicted molar refractivity (Wildman–Crippen MR) is 142 cm³/mol. The number of nitrogens with one attached hydrogen (secondary N) is 1. The minimum atomic E-state index is -5.37. The molecule has 25 heteroatoms. The van der Waals surface area contributed by atoms with E-state index in [-0.39, 0.29) is 40.7 Å². The molecule has 8 rings (SSSR count). The van der Waals surface area contributed by atoms with Gasteiger partial charge in [-0.05, 0) is 0 Å². The van der Waals surface area contributed by atoms with Gasteiger partial charge < -0.3 is 58.7 Å². The van der Waals surface area contributed by atoms with Crippen LogP contribution in [0.3, 0.4) is 0 Å². The molecule has 0 saturated carbocycles. The van der Waals surface area contributed by atoms with Gasteiger partial charge in [0.1, 0.15) is 48.0 Å². The fraction of sp³-hybridized carbons (Fsp3) is 0.524. The number of fused-ring (bicyclic) bond motifs is 4. The quantitative estimate of drug-likeness (QED) is 0.151. The van der Waals surface area contributed by atoms with E-state index in [1.807, 2.05) is 0 Å². The van der Waals surface area contributed by atoms with Crippen molar-refractivity contribution in [1.29, 1.82) is 0 Å². The van der Waals surface area contributed by atoms with Crippen LogP contribution in [0.15, 0.2) is 23.8 Å². The predicted octanol–water partition coefficient (Wildman–Crippen LogP) is -3.20. The summed E-state index contributed by atoms with van der Waals surface area (Å²) < 4.78 is 67.7. The molecule has 0 radical (unpaired) electrons. The largest absolute Gasteiger partial charge is 0.756 e. The van der Waals surface area contributed by atoms with Gasteiger partial charge in [0, 0.05) is 0 Å². The third kappa shape index (κ3) is 4.67. The number of hydrogen-bond donors (Lipinski definition) is 4. The zero-order valence-electron chi connectivity index (χ0n) is 22.9. The van der Waals surface area contributed by atoms with Crippen molar-refractivity contribution in [3.63, 3.8) is 0 Å². The van der Waals surface area contributed by atoms with Crippen LogP contribution in [-0.4, -0.2) is 100 Å². The molecule has 8 heterocycles. The number of anilines is 2. The molecular weight excluding hydrogens is 662 g/mol. The number of aromatic amines is 1. The van der Waals surface area contributed by atoms with Gasteiger partial charge in [0.25, 0.3) is 21.2 Å². The van der Waals surface area contributed by atoms with E-state index in [4.69, 9.17) is 43.8 Å². The Kier molecular flexibility index (Phi) is 6.69. The van der Waals surface area contributed by atoms with Crippen LogP contribution in [0, 0.1) is 0 Å². The number of ether oxygens (including phenoxy) is 3. The number of phosphoric acid groups is 2. The molecule has 0 aliphatic carbocycles. The average molecular weight is 684 g/mol. The van der Waals surface area contributed by atoms with Crippen LogP contribution in [0.1, 0.15) is 12.5 Å². The van der Waals surface area contributed by atoms with Crippen molar-refractivity contribution >= 4 is 49.7 Å². The normalized spacial score (nSPS) is 39.7. The van der Waals surface area contributed by atoms with Crippen LogP contribution in [0.4, 0.5) is 11.8 Å². The number of aliphatic hydroxyl groups excluding tert-OH is 1. The highest BCUT2D eigenvalue weighted by molar-refractivity contribution is 7.46. The molecule has 4 saturated heterocycles. The Balaban J connectivity index is 1.14. The van der Waals surface area contributed by atoms with E-state index in [1.165, 1.54) is 17.2 Å². The number of nitrogens with zero attached hydrogens (tertiary/aromatic N) is 7. The summed E-state index contributed by atoms with van der Waals surface area (Å²) in [5.41, 5.74) is 9.13. The lowest BCUT2D eigenvalue weighted by Gasteiger charge is -2.36. The molecule has 10 atom stereocenters. The molecule has 0 spiro atoms. The molecule has 4 aliphatic heterocycles. The molecule has 4 aromatic rings. The topological polar surface area (TPSA) is 324 Å². The first-order chi connectivity index (χ1) is 21.8. The highest BCUT2D eigenvalue weighted by Gasteiger charge is 2.65. The fourth-order valence-corrected chi connectivity index (χ4v) is 7.90. The Morgan fingerprint density at radius 3 is 2.50 bits per heavy atom. The number of nitrogen functional groups attached to an aromatic ring is 2. The first kappa shape index (κ1) is 29.9. The third-order valence-corrected chi connectivity index (χ3v) is 9.93. The first-order valence-corrected chi connectivity index (χ1v) is 16.3. The number of hydrogen-bond acceptors (Lipinski definition) is 20. The maximum absolute atomic E-state index is 13.3. The molecular formula is C21H22N10O13P2-2. The number of H-pyrrole nitrogens is 1. The van der Waals surface area contributed by atoms with Gasteiger partial charge in [-0.15, -0.1) is 0 Å². The van der Waals surface area contributed by atoms with E-state index in [1.54, 1.807) is 0 Å². The number of aliphatic hydroxyl groups is 1. The SMILES string of the molecule is Nc1nc2c(ncn2C2OC3COP(=O)([O-])OC4C5OCC4(COP(=O)([O-])OC2C3O)OC5n2cnc3c(N)ncnc32)c(=O)[nH]1. The Morgan fingerprint density at radius 2 is 1.70 bits per heavy atom. The number of nitrogens with two attached hydrogens (primary N) is 2. The molecule has 10 unspecified atom stereocenters. The second-order valence-corrected chi connectivity index (χ2v) is 13.5. The summed E-state index contributed by atoms with van der Waals surface area (Å²) in [7, 11) is -10.6. The smallest absolute Gasteiger partial charge is 0.280 e. The zero-order valence-corrected chi connectivity index (χ0v) is 24.7. The lowest BCUT2D eigenvalue weighted by Crippen LogP contribution is -2.46. The monoisotopic (exact) mass is 684 g/mol. The molecule has 4 aromatic heterocycles. The van der Waals surface area contributed by atoms with Crippen molar-refractivity contribution in [1.82, 2.24) is 39.0 Å². The van der Waals surface area contributed by atoms with Crippen molar-refractivity contribution in [2.75, 3.05) is 31.3 Å². The number of rotatable bonds is 2. The molecule has 0 aromatic carbocycles. The average Bonchev–Trinajstić information content (AvgIpc) is 3.80. The number of aromatic nitrogens is 8. The van der Waals surface area contributed by atoms with E-state index in [2.05, 4.69) is 29.9 Å². The van der Waals surface area contributed by atoms with Crippen LogP contribution < -0.4 is 26.8 Å². The molecule has 46 heavy (non-hydrogen) atoms. The summed E-state index contributed by atoms with van der Waals surface area (Å²) in [4.78, 5) is 61.2. The lowest BCUT2D eigenvalue weighted by atomic mass is 10.0. The van der Waals surface area contributed by atoms with Crippen molar-refractivity contribution in [3.05, 3.63) is 29.3 Å². The fourth-order valence-electron chi connectivity index (χ4n) is 5.96.